The summed E-state index contributed by atoms with van der Waals surface area (Å²) in [5.74, 6) is 2.95. The van der Waals surface area contributed by atoms with Crippen molar-refractivity contribution in [2.75, 3.05) is 0 Å². The molecule has 0 aromatic carbocycles. The lowest BCUT2D eigenvalue weighted by atomic mass is 9.85. The topological polar surface area (TPSA) is 12.9 Å². The summed E-state index contributed by atoms with van der Waals surface area (Å²) in [6, 6.07) is 4.31. The van der Waals surface area contributed by atoms with E-state index in [1.165, 1.54) is 5.56 Å². The van der Waals surface area contributed by atoms with E-state index in [1.807, 2.05) is 0 Å². The van der Waals surface area contributed by atoms with Gasteiger partial charge in [-0.3, -0.25) is 4.98 Å². The average molecular weight is 243 g/mol. The number of pyridine rings is 1. The lowest BCUT2D eigenvalue weighted by Gasteiger charge is -2.25. The Morgan fingerprint density at radius 3 is 1.67 bits per heavy atom. The minimum atomic E-state index is 0.0460. The Morgan fingerprint density at radius 2 is 1.39 bits per heavy atom. The van der Waals surface area contributed by atoms with Crippen molar-refractivity contribution in [2.24, 2.45) is 0 Å². The fourth-order valence-electron chi connectivity index (χ4n) is 1.67. The molecule has 1 atom stereocenters. The zero-order valence-corrected chi connectivity index (χ0v) is 12.8. The van der Waals surface area contributed by atoms with Gasteiger partial charge in [-0.25, -0.2) is 0 Å². The number of aromatic nitrogens is 1. The molecule has 0 spiro atoms. The second kappa shape index (κ2) is 4.76. The first-order valence-corrected chi connectivity index (χ1v) is 6.55. The maximum atomic E-state index is 5.55. The number of hydrogen-bond acceptors (Lipinski definition) is 1. The summed E-state index contributed by atoms with van der Waals surface area (Å²) < 4.78 is 0. The van der Waals surface area contributed by atoms with Crippen molar-refractivity contribution in [1.29, 1.82) is 0 Å². The molecule has 1 heteroatoms. The van der Waals surface area contributed by atoms with Gasteiger partial charge < -0.3 is 0 Å². The number of terminal acetylenes is 1. The van der Waals surface area contributed by atoms with Crippen LogP contribution in [0.25, 0.3) is 0 Å². The molecule has 0 saturated carbocycles. The molecule has 0 aliphatic rings. The van der Waals surface area contributed by atoms with Crippen LogP contribution in [-0.4, -0.2) is 4.98 Å². The zero-order chi connectivity index (χ0) is 14.1. The first-order chi connectivity index (χ1) is 8.05. The fraction of sp³-hybridized carbons (Fsp3) is 0.588. The Balaban J connectivity index is 3.45. The van der Waals surface area contributed by atoms with Crippen LogP contribution in [0.5, 0.6) is 0 Å². The molecule has 98 valence electrons. The maximum absolute atomic E-state index is 5.55. The van der Waals surface area contributed by atoms with Gasteiger partial charge in [0.2, 0.25) is 0 Å². The van der Waals surface area contributed by atoms with Crippen molar-refractivity contribution in [3.8, 4) is 12.3 Å². The lowest BCUT2D eigenvalue weighted by Crippen LogP contribution is -2.20. The van der Waals surface area contributed by atoms with Crippen LogP contribution in [0.2, 0.25) is 0 Å². The first-order valence-electron chi connectivity index (χ1n) is 6.55. The second-order valence-electron chi connectivity index (χ2n) is 7.06. The lowest BCUT2D eigenvalue weighted by molar-refractivity contribution is 0.529. The Bertz CT molecular complexity index is 432. The highest BCUT2D eigenvalue weighted by Gasteiger charge is 2.23. The predicted octanol–water partition coefficient (Wildman–Crippen LogP) is 4.41. The van der Waals surface area contributed by atoms with E-state index >= 15 is 0 Å². The van der Waals surface area contributed by atoms with E-state index in [9.17, 15) is 0 Å². The highest BCUT2D eigenvalue weighted by atomic mass is 14.7. The van der Waals surface area contributed by atoms with E-state index in [2.05, 4.69) is 66.5 Å². The van der Waals surface area contributed by atoms with Crippen molar-refractivity contribution < 1.29 is 0 Å². The molecule has 1 rings (SSSR count). The minimum Gasteiger partial charge on any atom is -0.257 e. The van der Waals surface area contributed by atoms with Crippen molar-refractivity contribution in [1.82, 2.24) is 4.98 Å². The van der Waals surface area contributed by atoms with E-state index in [-0.39, 0.29) is 16.7 Å². The fourth-order valence-corrected chi connectivity index (χ4v) is 1.67. The standard InChI is InChI=1S/C17H25N/c1-9-12(2)13-10-14(16(3,4)5)18-15(11-13)17(6,7)8/h1,10-12H,2-8H3. The average Bonchev–Trinajstić information content (AvgIpc) is 2.25. The summed E-state index contributed by atoms with van der Waals surface area (Å²) >= 11 is 0. The van der Waals surface area contributed by atoms with Crippen LogP contribution in [0.4, 0.5) is 0 Å². The molecule has 0 saturated heterocycles. The number of hydrogen-bond donors (Lipinski definition) is 0. The van der Waals surface area contributed by atoms with E-state index in [1.54, 1.807) is 0 Å². The van der Waals surface area contributed by atoms with Crippen LogP contribution in [0, 0.1) is 12.3 Å². The maximum Gasteiger partial charge on any atom is 0.0463 e. The summed E-state index contributed by atoms with van der Waals surface area (Å²) in [6.45, 7) is 15.2. The van der Waals surface area contributed by atoms with Crippen molar-refractivity contribution in [2.45, 2.75) is 65.2 Å². The van der Waals surface area contributed by atoms with Gasteiger partial charge in [-0.15, -0.1) is 6.42 Å². The van der Waals surface area contributed by atoms with Gasteiger partial charge in [-0.2, -0.15) is 0 Å². The SMILES string of the molecule is C#CC(C)c1cc(C(C)(C)C)nc(C(C)(C)C)c1. The monoisotopic (exact) mass is 243 g/mol. The van der Waals surface area contributed by atoms with Crippen molar-refractivity contribution >= 4 is 0 Å². The van der Waals surface area contributed by atoms with Gasteiger partial charge in [0.25, 0.3) is 0 Å². The molecule has 0 aliphatic carbocycles. The molecule has 0 amide bonds. The van der Waals surface area contributed by atoms with Crippen LogP contribution in [0.15, 0.2) is 12.1 Å². The molecule has 0 aliphatic heterocycles. The summed E-state index contributed by atoms with van der Waals surface area (Å²) in [6.07, 6.45) is 5.55. The molecule has 1 unspecified atom stereocenters. The van der Waals surface area contributed by atoms with E-state index in [0.717, 1.165) is 11.4 Å². The largest absolute Gasteiger partial charge is 0.257 e. The Hall–Kier alpha value is -1.29. The third kappa shape index (κ3) is 3.35. The van der Waals surface area contributed by atoms with Crippen molar-refractivity contribution in [3.05, 3.63) is 29.1 Å². The molecule has 0 radical (unpaired) electrons. The molecular formula is C17H25N. The van der Waals surface area contributed by atoms with Crippen LogP contribution < -0.4 is 0 Å². The van der Waals surface area contributed by atoms with Gasteiger partial charge in [0.15, 0.2) is 0 Å². The van der Waals surface area contributed by atoms with E-state index < -0.39 is 0 Å². The summed E-state index contributed by atoms with van der Waals surface area (Å²) in [5.41, 5.74) is 3.52. The molecule has 1 heterocycles. The molecule has 0 N–H and O–H groups in total. The summed E-state index contributed by atoms with van der Waals surface area (Å²) in [4.78, 5) is 4.82. The van der Waals surface area contributed by atoms with Gasteiger partial charge in [0.1, 0.15) is 0 Å². The zero-order valence-electron chi connectivity index (χ0n) is 12.8. The Morgan fingerprint density at radius 1 is 1.00 bits per heavy atom. The van der Waals surface area contributed by atoms with Gasteiger partial charge in [0.05, 0.1) is 0 Å². The molecule has 1 aromatic rings. The van der Waals surface area contributed by atoms with Crippen LogP contribution >= 0.6 is 0 Å². The first kappa shape index (κ1) is 14.8. The molecule has 18 heavy (non-hydrogen) atoms. The summed E-state index contributed by atoms with van der Waals surface area (Å²) in [5, 5.41) is 0. The quantitative estimate of drug-likeness (QED) is 0.666. The molecule has 1 aromatic heterocycles. The molecule has 0 fully saturated rings. The van der Waals surface area contributed by atoms with Gasteiger partial charge in [-0.1, -0.05) is 47.5 Å². The highest BCUT2D eigenvalue weighted by Crippen LogP contribution is 2.29. The van der Waals surface area contributed by atoms with Crippen LogP contribution in [0.3, 0.4) is 0 Å². The summed E-state index contributed by atoms with van der Waals surface area (Å²) in [7, 11) is 0. The minimum absolute atomic E-state index is 0.0460. The second-order valence-corrected chi connectivity index (χ2v) is 7.06. The van der Waals surface area contributed by atoms with Gasteiger partial charge >= 0.3 is 0 Å². The Labute approximate surface area is 112 Å². The van der Waals surface area contributed by atoms with E-state index in [0.29, 0.717) is 0 Å². The van der Waals surface area contributed by atoms with Crippen LogP contribution in [-0.2, 0) is 10.8 Å². The highest BCUT2D eigenvalue weighted by molar-refractivity contribution is 5.33. The molecular weight excluding hydrogens is 218 g/mol. The molecule has 1 nitrogen and oxygen atoms in total. The smallest absolute Gasteiger partial charge is 0.0463 e. The normalized spacial score (nSPS) is 14.1. The predicted molar refractivity (Wildman–Crippen MR) is 78.9 cm³/mol. The number of nitrogens with zero attached hydrogens (tertiary/aromatic N) is 1. The Kier molecular flexibility index (Phi) is 3.91. The third-order valence-electron chi connectivity index (χ3n) is 3.13. The van der Waals surface area contributed by atoms with Crippen molar-refractivity contribution in [3.63, 3.8) is 0 Å². The molecule has 0 bridgehead atoms. The third-order valence-corrected chi connectivity index (χ3v) is 3.13. The van der Waals surface area contributed by atoms with Gasteiger partial charge in [-0.05, 0) is 24.6 Å². The van der Waals surface area contributed by atoms with E-state index in [4.69, 9.17) is 11.4 Å². The van der Waals surface area contributed by atoms with Gasteiger partial charge in [0, 0.05) is 28.1 Å². The number of rotatable bonds is 1. The van der Waals surface area contributed by atoms with Crippen LogP contribution in [0.1, 0.15) is 71.3 Å².